The maximum Gasteiger partial charge on any atom is 0.00619 e. The highest BCUT2D eigenvalue weighted by Crippen LogP contribution is 2.31. The molecule has 0 aromatic rings. The molecule has 0 aliphatic heterocycles. The fourth-order valence-corrected chi connectivity index (χ4v) is 1.81. The Balaban J connectivity index is 4.72. The van der Waals surface area contributed by atoms with Crippen LogP contribution in [-0.4, -0.2) is 6.04 Å². The normalized spacial score (nSPS) is 17.5. The van der Waals surface area contributed by atoms with E-state index >= 15 is 0 Å². The van der Waals surface area contributed by atoms with Crippen molar-refractivity contribution in [3.8, 4) is 0 Å². The number of hydrogen-bond acceptors (Lipinski definition) is 1. The van der Waals surface area contributed by atoms with Gasteiger partial charge in [0, 0.05) is 6.04 Å². The first kappa shape index (κ1) is 15.2. The average molecular weight is 221 g/mol. The van der Waals surface area contributed by atoms with Crippen molar-refractivity contribution in [3.05, 3.63) is 36.5 Å². The Hall–Kier alpha value is -0.820. The van der Waals surface area contributed by atoms with Crippen LogP contribution in [0, 0.1) is 11.3 Å². The summed E-state index contributed by atoms with van der Waals surface area (Å²) in [6.45, 7) is 14.6. The van der Waals surface area contributed by atoms with Crippen molar-refractivity contribution >= 4 is 0 Å². The molecule has 0 fully saturated rings. The molecule has 0 amide bonds. The van der Waals surface area contributed by atoms with E-state index in [9.17, 15) is 0 Å². The molecule has 2 unspecified atom stereocenters. The lowest BCUT2D eigenvalue weighted by molar-refractivity contribution is 0.248. The van der Waals surface area contributed by atoms with Gasteiger partial charge in [-0.1, -0.05) is 51.7 Å². The molecule has 0 aromatic heterocycles. The molecule has 2 atom stereocenters. The van der Waals surface area contributed by atoms with Gasteiger partial charge in [-0.2, -0.15) is 0 Å². The second-order valence-corrected chi connectivity index (χ2v) is 5.28. The van der Waals surface area contributed by atoms with Crippen LogP contribution in [-0.2, 0) is 0 Å². The van der Waals surface area contributed by atoms with Crippen LogP contribution in [0.4, 0.5) is 0 Å². The predicted molar refractivity (Wildman–Crippen MR) is 74.3 cm³/mol. The van der Waals surface area contributed by atoms with Crippen LogP contribution in [0.2, 0.25) is 0 Å². The first-order valence-corrected chi connectivity index (χ1v) is 6.06. The molecule has 0 radical (unpaired) electrons. The van der Waals surface area contributed by atoms with Crippen LogP contribution in [0.25, 0.3) is 0 Å². The van der Waals surface area contributed by atoms with Crippen molar-refractivity contribution in [1.29, 1.82) is 0 Å². The van der Waals surface area contributed by atoms with Gasteiger partial charge in [0.1, 0.15) is 0 Å². The molecule has 0 spiro atoms. The van der Waals surface area contributed by atoms with Crippen LogP contribution in [0.3, 0.4) is 0 Å². The van der Waals surface area contributed by atoms with Gasteiger partial charge in [0.2, 0.25) is 0 Å². The minimum absolute atomic E-state index is 0.168. The summed E-state index contributed by atoms with van der Waals surface area (Å²) in [6, 6.07) is 0.213. The lowest BCUT2D eigenvalue weighted by Crippen LogP contribution is -2.35. The van der Waals surface area contributed by atoms with Gasteiger partial charge >= 0.3 is 0 Å². The van der Waals surface area contributed by atoms with E-state index in [0.29, 0.717) is 5.92 Å². The first-order chi connectivity index (χ1) is 7.35. The van der Waals surface area contributed by atoms with E-state index in [0.717, 1.165) is 6.42 Å². The van der Waals surface area contributed by atoms with Gasteiger partial charge < -0.3 is 5.73 Å². The maximum absolute atomic E-state index is 6.01. The zero-order valence-corrected chi connectivity index (χ0v) is 11.5. The highest BCUT2D eigenvalue weighted by atomic mass is 14.7. The highest BCUT2D eigenvalue weighted by molar-refractivity contribution is 5.25. The molecule has 16 heavy (non-hydrogen) atoms. The lowest BCUT2D eigenvalue weighted by atomic mass is 9.76. The molecule has 0 saturated carbocycles. The van der Waals surface area contributed by atoms with Crippen LogP contribution < -0.4 is 5.73 Å². The summed E-state index contributed by atoms with van der Waals surface area (Å²) < 4.78 is 0. The van der Waals surface area contributed by atoms with Crippen molar-refractivity contribution in [1.82, 2.24) is 0 Å². The van der Waals surface area contributed by atoms with E-state index in [1.54, 1.807) is 0 Å². The van der Waals surface area contributed by atoms with Gasteiger partial charge in [0.25, 0.3) is 0 Å². The standard InChI is InChI=1S/C15H27N/c1-7-9-14(10-8-2)12(3)11-15(5,6)13(4)16/h7-10,12-13H,1,11,16H2,2-6H3/b10-8-,14-9+. The van der Waals surface area contributed by atoms with Crippen molar-refractivity contribution in [3.63, 3.8) is 0 Å². The van der Waals surface area contributed by atoms with Gasteiger partial charge in [0.15, 0.2) is 0 Å². The summed E-state index contributed by atoms with van der Waals surface area (Å²) in [7, 11) is 0. The second kappa shape index (κ2) is 6.70. The number of nitrogens with two attached hydrogens (primary N) is 1. The number of hydrogen-bond donors (Lipinski definition) is 1. The zero-order chi connectivity index (χ0) is 12.8. The molecule has 0 aliphatic carbocycles. The van der Waals surface area contributed by atoms with Crippen molar-refractivity contribution < 1.29 is 0 Å². The molecule has 0 aromatic carbocycles. The quantitative estimate of drug-likeness (QED) is 0.672. The summed E-state index contributed by atoms with van der Waals surface area (Å²) in [4.78, 5) is 0. The monoisotopic (exact) mass is 221 g/mol. The molecule has 0 heterocycles. The van der Waals surface area contributed by atoms with Gasteiger partial charge in [-0.05, 0) is 37.2 Å². The smallest absolute Gasteiger partial charge is 0.00619 e. The number of allylic oxidation sites excluding steroid dienone is 5. The lowest BCUT2D eigenvalue weighted by Gasteiger charge is -2.32. The molecule has 1 heteroatoms. The molecule has 92 valence electrons. The van der Waals surface area contributed by atoms with Gasteiger partial charge in [-0.3, -0.25) is 0 Å². The molecule has 0 saturated heterocycles. The van der Waals surface area contributed by atoms with E-state index in [1.807, 2.05) is 13.0 Å². The van der Waals surface area contributed by atoms with Gasteiger partial charge in [-0.25, -0.2) is 0 Å². The summed E-state index contributed by atoms with van der Waals surface area (Å²) in [5.74, 6) is 0.509. The Morgan fingerprint density at radius 3 is 2.31 bits per heavy atom. The predicted octanol–water partition coefficient (Wildman–Crippen LogP) is 4.07. The van der Waals surface area contributed by atoms with Crippen LogP contribution in [0.15, 0.2) is 36.5 Å². The fourth-order valence-electron chi connectivity index (χ4n) is 1.81. The van der Waals surface area contributed by atoms with E-state index in [4.69, 9.17) is 5.73 Å². The van der Waals surface area contributed by atoms with E-state index in [1.165, 1.54) is 5.57 Å². The molecule has 0 aliphatic rings. The topological polar surface area (TPSA) is 26.0 Å². The molecular formula is C15H27N. The third-order valence-electron chi connectivity index (χ3n) is 3.30. The largest absolute Gasteiger partial charge is 0.327 e. The van der Waals surface area contributed by atoms with Crippen LogP contribution >= 0.6 is 0 Å². The fraction of sp³-hybridized carbons (Fsp3) is 0.600. The third-order valence-corrected chi connectivity index (χ3v) is 3.30. The van der Waals surface area contributed by atoms with E-state index in [2.05, 4.69) is 52.5 Å². The molecule has 0 bridgehead atoms. The zero-order valence-electron chi connectivity index (χ0n) is 11.5. The SMILES string of the molecule is C=C/C=C(\C=C/C)C(C)CC(C)(C)C(C)N. The number of rotatable bonds is 6. The Morgan fingerprint density at radius 1 is 1.38 bits per heavy atom. The minimum atomic E-state index is 0.168. The van der Waals surface area contributed by atoms with Crippen LogP contribution in [0.5, 0.6) is 0 Å². The maximum atomic E-state index is 6.01. The van der Waals surface area contributed by atoms with Crippen LogP contribution in [0.1, 0.15) is 41.0 Å². The van der Waals surface area contributed by atoms with Crippen molar-refractivity contribution in [2.24, 2.45) is 17.1 Å². The Bertz CT molecular complexity index is 269. The third kappa shape index (κ3) is 4.80. The summed E-state index contributed by atoms with van der Waals surface area (Å²) >= 11 is 0. The van der Waals surface area contributed by atoms with Gasteiger partial charge in [0.05, 0.1) is 0 Å². The Kier molecular flexibility index (Phi) is 6.35. The van der Waals surface area contributed by atoms with Gasteiger partial charge in [-0.15, -0.1) is 0 Å². The minimum Gasteiger partial charge on any atom is -0.327 e. The molecule has 0 rings (SSSR count). The average Bonchev–Trinajstić information content (AvgIpc) is 2.16. The van der Waals surface area contributed by atoms with Crippen molar-refractivity contribution in [2.75, 3.05) is 0 Å². The summed E-state index contributed by atoms with van der Waals surface area (Å²) in [6.07, 6.45) is 9.26. The molecular weight excluding hydrogens is 194 g/mol. The second-order valence-electron chi connectivity index (χ2n) is 5.28. The van der Waals surface area contributed by atoms with E-state index in [-0.39, 0.29) is 11.5 Å². The summed E-state index contributed by atoms with van der Waals surface area (Å²) in [5.41, 5.74) is 7.50. The van der Waals surface area contributed by atoms with E-state index < -0.39 is 0 Å². The Morgan fingerprint density at radius 2 is 1.94 bits per heavy atom. The summed E-state index contributed by atoms with van der Waals surface area (Å²) in [5, 5.41) is 0. The molecule has 1 nitrogen and oxygen atoms in total. The Labute approximate surface area is 101 Å². The van der Waals surface area contributed by atoms with Crippen molar-refractivity contribution in [2.45, 2.75) is 47.1 Å². The molecule has 2 N–H and O–H groups in total. The first-order valence-electron chi connectivity index (χ1n) is 6.06. The highest BCUT2D eigenvalue weighted by Gasteiger charge is 2.25.